The maximum atomic E-state index is 12.6. The molecule has 1 aromatic carbocycles. The maximum absolute atomic E-state index is 12.6. The van der Waals surface area contributed by atoms with Crippen molar-refractivity contribution in [2.75, 3.05) is 0 Å². The highest BCUT2D eigenvalue weighted by Crippen LogP contribution is 2.31. The van der Waals surface area contributed by atoms with Crippen molar-refractivity contribution in [2.45, 2.75) is 6.54 Å². The molecule has 0 fully saturated rings. The van der Waals surface area contributed by atoms with Gasteiger partial charge in [0.25, 0.3) is 5.56 Å². The predicted octanol–water partition coefficient (Wildman–Crippen LogP) is -0.0466. The summed E-state index contributed by atoms with van der Waals surface area (Å²) in [6.45, 7) is -0.382. The second-order valence-electron chi connectivity index (χ2n) is 6.30. The Labute approximate surface area is 184 Å². The lowest BCUT2D eigenvalue weighted by Crippen LogP contribution is -2.37. The van der Waals surface area contributed by atoms with Gasteiger partial charge in [-0.1, -0.05) is 23.2 Å². The Bertz CT molecular complexity index is 1370. The molecule has 3 aromatic rings. The molecule has 162 valence electrons. The van der Waals surface area contributed by atoms with E-state index in [9.17, 15) is 14.4 Å². The first-order valence-corrected chi connectivity index (χ1v) is 9.28. The molecule has 0 radical (unpaired) electrons. The molecule has 0 aliphatic rings. The number of hydrogen-bond donors (Lipinski definition) is 2. The van der Waals surface area contributed by atoms with E-state index in [-0.39, 0.29) is 45.0 Å². The Morgan fingerprint density at radius 3 is 2.61 bits per heavy atom. The van der Waals surface area contributed by atoms with Gasteiger partial charge in [0, 0.05) is 24.7 Å². The Morgan fingerprint density at radius 1 is 1.23 bits per heavy atom. The van der Waals surface area contributed by atoms with Crippen LogP contribution in [-0.2, 0) is 25.4 Å². The standard InChI is InChI=1S/C17H16Cl2N8O4/c1-25-14-12(15(29)26(2)17(25)30)27(7-22-14)6-11(28)31-13-8(5-23-24-16(20)21)3-9(18)4-10(13)19/h3-5,7H,6H2,1-2H3,(H4,20,21,24)/b23-5+. The molecular weight excluding hydrogens is 451 g/mol. The van der Waals surface area contributed by atoms with Crippen LogP contribution in [0.2, 0.25) is 10.0 Å². The summed E-state index contributed by atoms with van der Waals surface area (Å²) in [6, 6.07) is 2.82. The van der Waals surface area contributed by atoms with E-state index >= 15 is 0 Å². The molecule has 2 heterocycles. The number of imidazole rings is 1. The molecule has 0 atom stereocenters. The lowest BCUT2D eigenvalue weighted by molar-refractivity contribution is -0.135. The predicted molar refractivity (Wildman–Crippen MR) is 116 cm³/mol. The summed E-state index contributed by atoms with van der Waals surface area (Å²) >= 11 is 12.2. The normalized spacial score (nSPS) is 11.2. The monoisotopic (exact) mass is 466 g/mol. The zero-order valence-corrected chi connectivity index (χ0v) is 17.8. The summed E-state index contributed by atoms with van der Waals surface area (Å²) in [5.74, 6) is -1.07. The van der Waals surface area contributed by atoms with Gasteiger partial charge in [0.05, 0.1) is 17.6 Å². The Morgan fingerprint density at radius 2 is 1.94 bits per heavy atom. The topological polar surface area (TPSA) is 165 Å². The second kappa shape index (κ2) is 8.62. The van der Waals surface area contributed by atoms with Gasteiger partial charge < -0.3 is 20.8 Å². The molecule has 0 spiro atoms. The van der Waals surface area contributed by atoms with Crippen molar-refractivity contribution in [3.05, 3.63) is 54.9 Å². The molecule has 0 aliphatic carbocycles. The number of nitrogens with zero attached hydrogens (tertiary/aromatic N) is 6. The third-order valence-corrected chi connectivity index (χ3v) is 4.64. The van der Waals surface area contributed by atoms with Crippen LogP contribution < -0.4 is 27.5 Å². The Balaban J connectivity index is 1.95. The number of carbonyl (C=O) groups is 1. The van der Waals surface area contributed by atoms with Crippen molar-refractivity contribution >= 4 is 52.5 Å². The van der Waals surface area contributed by atoms with Crippen LogP contribution in [0, 0.1) is 0 Å². The summed E-state index contributed by atoms with van der Waals surface area (Å²) < 4.78 is 8.77. The van der Waals surface area contributed by atoms with Crippen LogP contribution in [0.3, 0.4) is 0 Å². The molecule has 12 nitrogen and oxygen atoms in total. The number of benzene rings is 1. The highest BCUT2D eigenvalue weighted by Gasteiger charge is 2.19. The summed E-state index contributed by atoms with van der Waals surface area (Å²) in [7, 11) is 2.80. The highest BCUT2D eigenvalue weighted by molar-refractivity contribution is 6.36. The van der Waals surface area contributed by atoms with Crippen LogP contribution in [0.1, 0.15) is 5.56 Å². The number of rotatable bonds is 5. The summed E-state index contributed by atoms with van der Waals surface area (Å²) in [5.41, 5.74) is 9.74. The Hall–Kier alpha value is -3.64. The summed E-state index contributed by atoms with van der Waals surface area (Å²) in [6.07, 6.45) is 2.47. The molecule has 0 amide bonds. The molecule has 14 heteroatoms. The Kier molecular flexibility index (Phi) is 6.13. The van der Waals surface area contributed by atoms with Gasteiger partial charge in [-0.15, -0.1) is 5.10 Å². The van der Waals surface area contributed by atoms with Gasteiger partial charge in [0.15, 0.2) is 16.9 Å². The largest absolute Gasteiger partial charge is 0.423 e. The van der Waals surface area contributed by atoms with Crippen LogP contribution in [-0.4, -0.2) is 36.8 Å². The van der Waals surface area contributed by atoms with Gasteiger partial charge in [-0.25, -0.2) is 14.6 Å². The van der Waals surface area contributed by atoms with Crippen LogP contribution in [0.4, 0.5) is 0 Å². The number of guanidine groups is 1. The number of aromatic nitrogens is 4. The van der Waals surface area contributed by atoms with E-state index in [0.29, 0.717) is 0 Å². The number of halogens is 2. The number of hydrogen-bond acceptors (Lipinski definition) is 7. The van der Waals surface area contributed by atoms with E-state index in [1.165, 1.54) is 47.9 Å². The van der Waals surface area contributed by atoms with Crippen molar-refractivity contribution < 1.29 is 9.53 Å². The van der Waals surface area contributed by atoms with Gasteiger partial charge >= 0.3 is 11.7 Å². The molecule has 0 aliphatic heterocycles. The first-order chi connectivity index (χ1) is 14.6. The zero-order valence-electron chi connectivity index (χ0n) is 16.2. The van der Waals surface area contributed by atoms with Crippen LogP contribution in [0.15, 0.2) is 38.3 Å². The first-order valence-electron chi connectivity index (χ1n) is 8.52. The summed E-state index contributed by atoms with van der Waals surface area (Å²) in [5, 5.41) is 7.43. The van der Waals surface area contributed by atoms with Gasteiger partial charge in [-0.05, 0) is 12.1 Å². The smallest absolute Gasteiger partial charge is 0.332 e. The van der Waals surface area contributed by atoms with Crippen molar-refractivity contribution in [3.63, 3.8) is 0 Å². The number of fused-ring (bicyclic) bond motifs is 1. The number of aryl methyl sites for hydroxylation is 1. The van der Waals surface area contributed by atoms with E-state index < -0.39 is 17.2 Å². The number of nitrogens with two attached hydrogens (primary N) is 2. The fourth-order valence-corrected chi connectivity index (χ4v) is 3.29. The number of ether oxygens (including phenoxy) is 1. The SMILES string of the molecule is Cn1c(=O)c2c(ncn2CC(=O)Oc2c(Cl)cc(Cl)cc2/C=N/N=C(N)N)n(C)c1=O. The quantitative estimate of drug-likeness (QED) is 0.175. The molecule has 4 N–H and O–H groups in total. The van der Waals surface area contributed by atoms with Gasteiger partial charge in [0.2, 0.25) is 5.96 Å². The fourth-order valence-electron chi connectivity index (χ4n) is 2.74. The highest BCUT2D eigenvalue weighted by atomic mass is 35.5. The lowest BCUT2D eigenvalue weighted by Gasteiger charge is -2.11. The number of carbonyl (C=O) groups excluding carboxylic acids is 1. The average molecular weight is 467 g/mol. The van der Waals surface area contributed by atoms with Crippen molar-refractivity contribution in [1.82, 2.24) is 18.7 Å². The maximum Gasteiger partial charge on any atom is 0.332 e. The van der Waals surface area contributed by atoms with E-state index in [1.807, 2.05) is 0 Å². The molecule has 31 heavy (non-hydrogen) atoms. The second-order valence-corrected chi connectivity index (χ2v) is 7.14. The molecular formula is C17H16Cl2N8O4. The average Bonchev–Trinajstić information content (AvgIpc) is 3.10. The molecule has 0 saturated heterocycles. The van der Waals surface area contributed by atoms with Crippen LogP contribution in [0.25, 0.3) is 11.2 Å². The summed E-state index contributed by atoms with van der Waals surface area (Å²) in [4.78, 5) is 41.2. The first kappa shape index (κ1) is 22.1. The molecule has 2 aromatic heterocycles. The van der Waals surface area contributed by atoms with Crippen LogP contribution in [0.5, 0.6) is 5.75 Å². The van der Waals surface area contributed by atoms with Crippen molar-refractivity contribution in [1.29, 1.82) is 0 Å². The van der Waals surface area contributed by atoms with Crippen LogP contribution >= 0.6 is 23.2 Å². The fraction of sp³-hybridized carbons (Fsp3) is 0.176. The molecule has 0 bridgehead atoms. The number of esters is 1. The third-order valence-electron chi connectivity index (χ3n) is 4.14. The zero-order chi connectivity index (χ0) is 22.9. The van der Waals surface area contributed by atoms with Gasteiger partial charge in [-0.3, -0.25) is 13.9 Å². The minimum atomic E-state index is -0.768. The molecule has 0 saturated carbocycles. The minimum Gasteiger partial charge on any atom is -0.423 e. The van der Waals surface area contributed by atoms with E-state index in [0.717, 1.165) is 4.57 Å². The van der Waals surface area contributed by atoms with Gasteiger partial charge in [0.1, 0.15) is 6.54 Å². The van der Waals surface area contributed by atoms with Gasteiger partial charge in [-0.2, -0.15) is 5.10 Å². The lowest BCUT2D eigenvalue weighted by atomic mass is 10.2. The van der Waals surface area contributed by atoms with E-state index in [2.05, 4.69) is 15.2 Å². The minimum absolute atomic E-state index is 0.0321. The third kappa shape index (κ3) is 4.44. The van der Waals surface area contributed by atoms with Crippen molar-refractivity contribution in [3.8, 4) is 5.75 Å². The molecule has 3 rings (SSSR count). The van der Waals surface area contributed by atoms with E-state index in [1.54, 1.807) is 0 Å². The van der Waals surface area contributed by atoms with E-state index in [4.69, 9.17) is 39.4 Å². The molecule has 0 unspecified atom stereocenters. The van der Waals surface area contributed by atoms with Crippen molar-refractivity contribution in [2.24, 2.45) is 35.8 Å².